The van der Waals surface area contributed by atoms with Gasteiger partial charge < -0.3 is 4.57 Å². The highest BCUT2D eigenvalue weighted by Gasteiger charge is 2.35. The van der Waals surface area contributed by atoms with Crippen LogP contribution in [0.25, 0.3) is 0 Å². The van der Waals surface area contributed by atoms with Crippen LogP contribution in [-0.2, 0) is 11.0 Å². The number of hydrogen-bond donors (Lipinski definition) is 2. The first-order valence-corrected chi connectivity index (χ1v) is 5.16. The summed E-state index contributed by atoms with van der Waals surface area (Å²) < 4.78 is 38.3. The van der Waals surface area contributed by atoms with Crippen LogP contribution in [0.5, 0.6) is 0 Å². The van der Waals surface area contributed by atoms with E-state index in [2.05, 4.69) is 20.4 Å². The average Bonchev–Trinajstić information content (AvgIpc) is 2.97. The molecule has 10 heteroatoms. The van der Waals surface area contributed by atoms with Gasteiger partial charge in [-0.05, 0) is 6.92 Å². The third-order valence-electron chi connectivity index (χ3n) is 2.34. The second-order valence-corrected chi connectivity index (χ2v) is 3.68. The van der Waals surface area contributed by atoms with Crippen LogP contribution in [-0.4, -0.2) is 30.6 Å². The van der Waals surface area contributed by atoms with Crippen LogP contribution in [0.2, 0.25) is 0 Å². The molecule has 102 valence electrons. The van der Waals surface area contributed by atoms with Gasteiger partial charge in [-0.1, -0.05) is 0 Å². The molecule has 0 saturated heterocycles. The van der Waals surface area contributed by atoms with Crippen molar-refractivity contribution in [3.63, 3.8) is 0 Å². The Bertz CT molecular complexity index is 561. The minimum Gasteiger partial charge on any atom is -0.325 e. The van der Waals surface area contributed by atoms with Crippen molar-refractivity contribution in [1.29, 1.82) is 0 Å². The molecule has 2 aromatic rings. The Morgan fingerprint density at radius 2 is 2.26 bits per heavy atom. The summed E-state index contributed by atoms with van der Waals surface area (Å²) in [4.78, 5) is 18.6. The first-order valence-electron chi connectivity index (χ1n) is 5.16. The molecule has 2 heterocycles. The largest absolute Gasteiger partial charge is 0.451 e. The summed E-state index contributed by atoms with van der Waals surface area (Å²) in [5, 5.41) is 7.16. The van der Waals surface area contributed by atoms with Crippen LogP contribution < -0.4 is 5.32 Å². The Labute approximate surface area is 104 Å². The van der Waals surface area contributed by atoms with Crippen LogP contribution in [0.1, 0.15) is 18.8 Å². The Morgan fingerprint density at radius 1 is 1.53 bits per heavy atom. The van der Waals surface area contributed by atoms with Crippen LogP contribution in [0.15, 0.2) is 18.7 Å². The molecule has 2 N–H and O–H groups in total. The smallest absolute Gasteiger partial charge is 0.325 e. The summed E-state index contributed by atoms with van der Waals surface area (Å²) in [5.74, 6) is -2.24. The van der Waals surface area contributed by atoms with Gasteiger partial charge in [-0.3, -0.25) is 15.2 Å². The van der Waals surface area contributed by atoms with E-state index in [4.69, 9.17) is 0 Å². The highest BCUT2D eigenvalue weighted by Crippen LogP contribution is 2.26. The minimum atomic E-state index is -4.63. The minimum absolute atomic E-state index is 0.427. The third kappa shape index (κ3) is 2.89. The second kappa shape index (κ2) is 4.71. The normalized spacial score (nSPS) is 13.3. The van der Waals surface area contributed by atoms with Gasteiger partial charge in [0.05, 0.1) is 6.33 Å². The summed E-state index contributed by atoms with van der Waals surface area (Å²) in [7, 11) is 0. The molecule has 1 atom stereocenters. The fourth-order valence-electron chi connectivity index (χ4n) is 1.29. The molecule has 7 nitrogen and oxygen atoms in total. The molecule has 0 aliphatic heterocycles. The summed E-state index contributed by atoms with van der Waals surface area (Å²) in [6.07, 6.45) is -0.170. The number of H-pyrrole nitrogens is 1. The van der Waals surface area contributed by atoms with Crippen molar-refractivity contribution in [3.8, 4) is 0 Å². The first kappa shape index (κ1) is 13.1. The van der Waals surface area contributed by atoms with Gasteiger partial charge in [0.2, 0.25) is 17.7 Å². The van der Waals surface area contributed by atoms with Crippen molar-refractivity contribution in [2.45, 2.75) is 19.1 Å². The van der Waals surface area contributed by atoms with Gasteiger partial charge in [0.25, 0.3) is 0 Å². The van der Waals surface area contributed by atoms with E-state index in [0.717, 1.165) is 0 Å². The third-order valence-corrected chi connectivity index (χ3v) is 2.34. The number of anilines is 1. The fourth-order valence-corrected chi connectivity index (χ4v) is 1.29. The van der Waals surface area contributed by atoms with Crippen LogP contribution in [0.3, 0.4) is 0 Å². The van der Waals surface area contributed by atoms with E-state index >= 15 is 0 Å². The van der Waals surface area contributed by atoms with Crippen LogP contribution >= 0.6 is 0 Å². The molecule has 2 rings (SSSR count). The number of aromatic amines is 1. The number of imidazole rings is 1. The van der Waals surface area contributed by atoms with Crippen molar-refractivity contribution in [2.24, 2.45) is 0 Å². The Hall–Kier alpha value is -2.39. The maximum absolute atomic E-state index is 12.3. The maximum Gasteiger partial charge on any atom is 0.451 e. The number of rotatable bonds is 3. The number of carbonyl (C=O) groups excluding carboxylic acids is 1. The van der Waals surface area contributed by atoms with Gasteiger partial charge in [-0.15, -0.1) is 5.10 Å². The lowest BCUT2D eigenvalue weighted by Crippen LogP contribution is -2.23. The zero-order chi connectivity index (χ0) is 14.0. The number of nitrogens with zero attached hydrogens (tertiary/aromatic N) is 4. The molecule has 0 radical (unpaired) electrons. The predicted molar refractivity (Wildman–Crippen MR) is 57.0 cm³/mol. The van der Waals surface area contributed by atoms with Gasteiger partial charge >= 0.3 is 6.18 Å². The number of halogens is 3. The number of hydrogen-bond acceptors (Lipinski definition) is 4. The summed E-state index contributed by atoms with van der Waals surface area (Å²) in [6, 6.07) is -0.643. The highest BCUT2D eigenvalue weighted by atomic mass is 19.4. The Kier molecular flexibility index (Phi) is 3.23. The molecular weight excluding hydrogens is 265 g/mol. The summed E-state index contributed by atoms with van der Waals surface area (Å²) in [5.41, 5.74) is 0. The van der Waals surface area contributed by atoms with Crippen molar-refractivity contribution in [2.75, 3.05) is 5.32 Å². The molecular formula is C9H9F3N6O. The average molecular weight is 274 g/mol. The standard InChI is InChI=1S/C9H9F3N6O/c1-5(18-3-2-13-4-18)6(19)14-8-15-7(16-17-8)9(10,11)12/h2-5H,1H3,(H2,14,15,16,17,19). The molecule has 19 heavy (non-hydrogen) atoms. The van der Waals surface area contributed by atoms with E-state index in [-0.39, 0.29) is 0 Å². The van der Waals surface area contributed by atoms with Crippen molar-refractivity contribution < 1.29 is 18.0 Å². The number of aromatic nitrogens is 5. The van der Waals surface area contributed by atoms with E-state index in [1.54, 1.807) is 18.2 Å². The number of carbonyl (C=O) groups is 1. The van der Waals surface area contributed by atoms with Crippen molar-refractivity contribution in [3.05, 3.63) is 24.5 Å². The number of nitrogens with one attached hydrogen (secondary N) is 2. The topological polar surface area (TPSA) is 88.5 Å². The molecule has 0 fully saturated rings. The second-order valence-electron chi connectivity index (χ2n) is 3.68. The summed E-state index contributed by atoms with van der Waals surface area (Å²) >= 11 is 0. The van der Waals surface area contributed by atoms with Gasteiger partial charge in [0, 0.05) is 12.4 Å². The first-order chi connectivity index (χ1) is 8.88. The monoisotopic (exact) mass is 274 g/mol. The number of amides is 1. The van der Waals surface area contributed by atoms with Gasteiger partial charge in [-0.25, -0.2) is 4.98 Å². The molecule has 0 aliphatic rings. The molecule has 1 amide bonds. The molecule has 1 unspecified atom stereocenters. The van der Waals surface area contributed by atoms with Crippen LogP contribution in [0, 0.1) is 0 Å². The quantitative estimate of drug-likeness (QED) is 0.880. The van der Waals surface area contributed by atoms with Gasteiger partial charge in [-0.2, -0.15) is 18.2 Å². The molecule has 0 bridgehead atoms. The summed E-state index contributed by atoms with van der Waals surface area (Å²) in [6.45, 7) is 1.56. The zero-order valence-corrected chi connectivity index (χ0v) is 9.64. The SMILES string of the molecule is CC(C(=O)Nc1n[nH]c(C(F)(F)F)n1)n1ccnc1. The van der Waals surface area contributed by atoms with Crippen molar-refractivity contribution >= 4 is 11.9 Å². The lowest BCUT2D eigenvalue weighted by Gasteiger charge is -2.10. The molecule has 0 aromatic carbocycles. The van der Waals surface area contributed by atoms with Crippen LogP contribution in [0.4, 0.5) is 19.1 Å². The fraction of sp³-hybridized carbons (Fsp3) is 0.333. The lowest BCUT2D eigenvalue weighted by molar-refractivity contribution is -0.144. The van der Waals surface area contributed by atoms with E-state index in [0.29, 0.717) is 0 Å². The molecule has 2 aromatic heterocycles. The van der Waals surface area contributed by atoms with E-state index < -0.39 is 29.9 Å². The van der Waals surface area contributed by atoms with E-state index in [1.807, 2.05) is 0 Å². The number of alkyl halides is 3. The molecule has 0 aliphatic carbocycles. The molecule has 0 spiro atoms. The Morgan fingerprint density at radius 3 is 2.79 bits per heavy atom. The molecule has 0 saturated carbocycles. The predicted octanol–water partition coefficient (Wildman–Crippen LogP) is 1.22. The van der Waals surface area contributed by atoms with Crippen molar-refractivity contribution in [1.82, 2.24) is 24.7 Å². The zero-order valence-electron chi connectivity index (χ0n) is 9.64. The van der Waals surface area contributed by atoms with E-state index in [9.17, 15) is 18.0 Å². The lowest BCUT2D eigenvalue weighted by atomic mass is 10.3. The van der Waals surface area contributed by atoms with Gasteiger partial charge in [0.1, 0.15) is 6.04 Å². The maximum atomic E-state index is 12.3. The highest BCUT2D eigenvalue weighted by molar-refractivity contribution is 5.91. The van der Waals surface area contributed by atoms with Gasteiger partial charge in [0.15, 0.2) is 0 Å². The van der Waals surface area contributed by atoms with E-state index in [1.165, 1.54) is 17.1 Å². The Balaban J connectivity index is 2.05.